The van der Waals surface area contributed by atoms with Gasteiger partial charge in [0.05, 0.1) is 29.5 Å². The normalized spacial score (nSPS) is 19.9. The van der Waals surface area contributed by atoms with Crippen molar-refractivity contribution in [2.75, 3.05) is 13.1 Å². The van der Waals surface area contributed by atoms with Crippen molar-refractivity contribution in [3.05, 3.63) is 33.4 Å². The molecular formula is C20H27N5O3. The van der Waals surface area contributed by atoms with Crippen LogP contribution in [0.2, 0.25) is 0 Å². The van der Waals surface area contributed by atoms with Crippen LogP contribution in [0.15, 0.2) is 10.9 Å². The lowest BCUT2D eigenvalue weighted by Crippen LogP contribution is -2.42. The zero-order chi connectivity index (χ0) is 20.0. The molecule has 1 saturated heterocycles. The Bertz CT molecular complexity index is 990. The number of hydrogen-bond donors (Lipinski definition) is 1. The molecule has 4 rings (SSSR count). The minimum absolute atomic E-state index is 0.0470. The van der Waals surface area contributed by atoms with E-state index in [1.54, 1.807) is 11.8 Å². The van der Waals surface area contributed by atoms with Crippen molar-refractivity contribution in [1.82, 2.24) is 24.4 Å². The fourth-order valence-corrected chi connectivity index (χ4v) is 4.36. The van der Waals surface area contributed by atoms with Gasteiger partial charge in [-0.3, -0.25) is 19.5 Å². The van der Waals surface area contributed by atoms with Crippen LogP contribution in [0.1, 0.15) is 63.0 Å². The number of nitrogens with one attached hydrogen (secondary N) is 1. The van der Waals surface area contributed by atoms with Gasteiger partial charge >= 0.3 is 0 Å². The van der Waals surface area contributed by atoms with Crippen LogP contribution in [0.3, 0.4) is 0 Å². The highest BCUT2D eigenvalue weighted by atomic mass is 16.2. The summed E-state index contributed by atoms with van der Waals surface area (Å²) in [5.74, 6) is 0.00868. The molecular weight excluding hydrogens is 358 g/mol. The molecule has 1 fully saturated rings. The second kappa shape index (κ2) is 7.07. The van der Waals surface area contributed by atoms with Crippen molar-refractivity contribution in [3.63, 3.8) is 0 Å². The lowest BCUT2D eigenvalue weighted by atomic mass is 9.99. The highest BCUT2D eigenvalue weighted by molar-refractivity contribution is 5.78. The molecule has 2 aliphatic heterocycles. The molecule has 4 heterocycles. The average molecular weight is 385 g/mol. The van der Waals surface area contributed by atoms with Gasteiger partial charge in [-0.25, -0.2) is 9.50 Å². The summed E-state index contributed by atoms with van der Waals surface area (Å²) in [7, 11) is 0. The van der Waals surface area contributed by atoms with Crippen molar-refractivity contribution >= 4 is 17.5 Å². The van der Waals surface area contributed by atoms with E-state index in [4.69, 9.17) is 4.98 Å². The molecule has 2 aromatic rings. The molecule has 0 bridgehead atoms. The van der Waals surface area contributed by atoms with Crippen LogP contribution in [0, 0.1) is 5.92 Å². The van der Waals surface area contributed by atoms with Crippen LogP contribution >= 0.6 is 0 Å². The van der Waals surface area contributed by atoms with Crippen LogP contribution in [0.25, 0.3) is 5.65 Å². The van der Waals surface area contributed by atoms with Gasteiger partial charge in [0.1, 0.15) is 0 Å². The van der Waals surface area contributed by atoms with E-state index in [0.717, 1.165) is 37.2 Å². The number of fused-ring (bicyclic) bond motifs is 2. The van der Waals surface area contributed by atoms with E-state index in [1.165, 1.54) is 4.52 Å². The quantitative estimate of drug-likeness (QED) is 0.851. The molecule has 0 spiro atoms. The number of carbonyl (C=O) groups excluding carboxylic acids is 2. The minimum Gasteiger partial charge on any atom is -0.337 e. The SMILES string of the molecule is CC(=O)N1CCCCC1c1cc2nc3c(c(=O)n2[nH]1)CN(C(=O)C(C)C)CC3. The average Bonchev–Trinajstić information content (AvgIpc) is 3.11. The molecule has 2 amide bonds. The van der Waals surface area contributed by atoms with E-state index < -0.39 is 0 Å². The summed E-state index contributed by atoms with van der Waals surface area (Å²) in [6.07, 6.45) is 3.51. The van der Waals surface area contributed by atoms with Crippen molar-refractivity contribution in [2.24, 2.45) is 5.92 Å². The smallest absolute Gasteiger partial charge is 0.277 e. The second-order valence-corrected chi connectivity index (χ2v) is 8.14. The number of nitrogens with zero attached hydrogens (tertiary/aromatic N) is 4. The first-order valence-corrected chi connectivity index (χ1v) is 10.1. The summed E-state index contributed by atoms with van der Waals surface area (Å²) >= 11 is 0. The summed E-state index contributed by atoms with van der Waals surface area (Å²) in [5, 5.41) is 3.18. The van der Waals surface area contributed by atoms with E-state index in [2.05, 4.69) is 5.10 Å². The zero-order valence-corrected chi connectivity index (χ0v) is 16.7. The maximum atomic E-state index is 13.1. The zero-order valence-electron chi connectivity index (χ0n) is 16.7. The fraction of sp³-hybridized carbons (Fsp3) is 0.600. The number of H-pyrrole nitrogens is 1. The first kappa shape index (κ1) is 18.7. The Balaban J connectivity index is 1.72. The Kier molecular flexibility index (Phi) is 4.72. The third kappa shape index (κ3) is 3.10. The monoisotopic (exact) mass is 385 g/mol. The molecule has 1 unspecified atom stereocenters. The first-order valence-electron chi connectivity index (χ1n) is 10.1. The van der Waals surface area contributed by atoms with Crippen molar-refractivity contribution in [1.29, 1.82) is 0 Å². The van der Waals surface area contributed by atoms with Gasteiger partial charge in [0.2, 0.25) is 11.8 Å². The number of aromatic amines is 1. The minimum atomic E-state index is -0.155. The molecule has 8 nitrogen and oxygen atoms in total. The van der Waals surface area contributed by atoms with E-state index in [1.807, 2.05) is 24.8 Å². The van der Waals surface area contributed by atoms with Gasteiger partial charge in [-0.05, 0) is 19.3 Å². The summed E-state index contributed by atoms with van der Waals surface area (Å²) in [5.41, 5.74) is 2.62. The second-order valence-electron chi connectivity index (χ2n) is 8.14. The number of likely N-dealkylation sites (tertiary alicyclic amines) is 1. The van der Waals surface area contributed by atoms with E-state index >= 15 is 0 Å². The maximum absolute atomic E-state index is 13.1. The third-order valence-electron chi connectivity index (χ3n) is 5.85. The molecule has 0 aliphatic carbocycles. The van der Waals surface area contributed by atoms with Gasteiger partial charge in [-0.2, -0.15) is 0 Å². The van der Waals surface area contributed by atoms with Crippen LogP contribution in [-0.4, -0.2) is 49.3 Å². The van der Waals surface area contributed by atoms with Gasteiger partial charge < -0.3 is 9.80 Å². The highest BCUT2D eigenvalue weighted by Gasteiger charge is 2.30. The molecule has 1 N–H and O–H groups in total. The topological polar surface area (TPSA) is 90.8 Å². The van der Waals surface area contributed by atoms with E-state index in [9.17, 15) is 14.4 Å². The maximum Gasteiger partial charge on any atom is 0.277 e. The lowest BCUT2D eigenvalue weighted by Gasteiger charge is -2.34. The van der Waals surface area contributed by atoms with Gasteiger partial charge in [0, 0.05) is 38.4 Å². The van der Waals surface area contributed by atoms with Crippen molar-refractivity contribution in [3.8, 4) is 0 Å². The molecule has 28 heavy (non-hydrogen) atoms. The van der Waals surface area contributed by atoms with Gasteiger partial charge in [-0.1, -0.05) is 13.8 Å². The molecule has 0 saturated carbocycles. The Morgan fingerprint density at radius 2 is 2.04 bits per heavy atom. The van der Waals surface area contributed by atoms with Crippen LogP contribution < -0.4 is 5.56 Å². The number of rotatable bonds is 2. The Labute approximate surface area is 163 Å². The number of amides is 2. The van der Waals surface area contributed by atoms with Crippen LogP contribution in [-0.2, 0) is 22.6 Å². The predicted molar refractivity (Wildman–Crippen MR) is 104 cm³/mol. The summed E-state index contributed by atoms with van der Waals surface area (Å²) in [6, 6.07) is 1.84. The van der Waals surface area contributed by atoms with Gasteiger partial charge in [0.15, 0.2) is 5.65 Å². The predicted octanol–water partition coefficient (Wildman–Crippen LogP) is 1.64. The first-order chi connectivity index (χ1) is 13.4. The molecule has 150 valence electrons. The van der Waals surface area contributed by atoms with Gasteiger partial charge in [0.25, 0.3) is 5.56 Å². The van der Waals surface area contributed by atoms with Crippen LogP contribution in [0.4, 0.5) is 0 Å². The number of hydrogen-bond acceptors (Lipinski definition) is 4. The fourth-order valence-electron chi connectivity index (χ4n) is 4.36. The molecule has 0 radical (unpaired) electrons. The molecule has 8 heteroatoms. The van der Waals surface area contributed by atoms with E-state index in [-0.39, 0.29) is 29.3 Å². The molecule has 1 atom stereocenters. The molecule has 0 aromatic carbocycles. The third-order valence-corrected chi connectivity index (χ3v) is 5.85. The van der Waals surface area contributed by atoms with Crippen LogP contribution in [0.5, 0.6) is 0 Å². The molecule has 2 aliphatic rings. The Morgan fingerprint density at radius 3 is 2.75 bits per heavy atom. The number of piperidine rings is 1. The highest BCUT2D eigenvalue weighted by Crippen LogP contribution is 2.30. The lowest BCUT2D eigenvalue weighted by molar-refractivity contribution is -0.135. The standard InChI is InChI=1S/C20H27N5O3/c1-12(2)19(27)23-9-7-15-14(11-23)20(28)25-18(21-15)10-16(22-25)17-6-4-5-8-24(17)13(3)26/h10,12,17,22H,4-9,11H2,1-3H3. The summed E-state index contributed by atoms with van der Waals surface area (Å²) < 4.78 is 1.46. The summed E-state index contributed by atoms with van der Waals surface area (Å²) in [4.78, 5) is 45.8. The van der Waals surface area contributed by atoms with E-state index in [0.29, 0.717) is 30.7 Å². The Hall–Kier alpha value is -2.64. The van der Waals surface area contributed by atoms with Crippen molar-refractivity contribution < 1.29 is 9.59 Å². The number of aromatic nitrogens is 3. The largest absolute Gasteiger partial charge is 0.337 e. The Morgan fingerprint density at radius 1 is 1.25 bits per heavy atom. The number of carbonyl (C=O) groups is 2. The summed E-state index contributed by atoms with van der Waals surface area (Å²) in [6.45, 7) is 6.96. The van der Waals surface area contributed by atoms with Crippen molar-refractivity contribution in [2.45, 2.75) is 59.0 Å². The molecule has 2 aromatic heterocycles. The van der Waals surface area contributed by atoms with Gasteiger partial charge in [-0.15, -0.1) is 0 Å².